The Morgan fingerprint density at radius 3 is 2.61 bits per heavy atom. The first kappa shape index (κ1) is 17.4. The lowest BCUT2D eigenvalue weighted by atomic mass is 9.98. The Morgan fingerprint density at radius 1 is 1.04 bits per heavy atom. The number of aromatic nitrogens is 1. The fraction of sp³-hybridized carbons (Fsp3) is 0.130. The van der Waals surface area contributed by atoms with E-state index in [-0.39, 0.29) is 6.04 Å². The highest BCUT2D eigenvalue weighted by Gasteiger charge is 2.32. The van der Waals surface area contributed by atoms with E-state index in [2.05, 4.69) is 58.9 Å². The second-order valence-electron chi connectivity index (χ2n) is 6.87. The number of nitrogens with zero attached hydrogens (tertiary/aromatic N) is 3. The van der Waals surface area contributed by atoms with Gasteiger partial charge in [0.05, 0.1) is 17.4 Å². The third-order valence-corrected chi connectivity index (χ3v) is 6.15. The van der Waals surface area contributed by atoms with Gasteiger partial charge in [-0.25, -0.2) is 9.99 Å². The van der Waals surface area contributed by atoms with Crippen LogP contribution in [0.3, 0.4) is 0 Å². The molecule has 1 aromatic heterocycles. The Bertz CT molecular complexity index is 1080. The van der Waals surface area contributed by atoms with Crippen molar-refractivity contribution in [1.82, 2.24) is 4.98 Å². The molecule has 0 radical (unpaired) electrons. The van der Waals surface area contributed by atoms with Gasteiger partial charge in [0.1, 0.15) is 0 Å². The minimum absolute atomic E-state index is 0.168. The molecule has 0 N–H and O–H groups in total. The molecule has 1 aliphatic carbocycles. The zero-order valence-corrected chi connectivity index (χ0v) is 16.7. The quantitative estimate of drug-likeness (QED) is 0.487. The molecule has 1 unspecified atom stereocenters. The van der Waals surface area contributed by atoms with Gasteiger partial charge >= 0.3 is 0 Å². The fourth-order valence-corrected chi connectivity index (χ4v) is 4.56. The van der Waals surface area contributed by atoms with Gasteiger partial charge in [-0.2, -0.15) is 5.10 Å². The van der Waals surface area contributed by atoms with Crippen molar-refractivity contribution in [2.24, 2.45) is 5.10 Å². The average Bonchev–Trinajstić information content (AvgIpc) is 3.48. The molecule has 0 bridgehead atoms. The number of halogens is 1. The first-order valence-corrected chi connectivity index (χ1v) is 10.5. The summed E-state index contributed by atoms with van der Waals surface area (Å²) in [6.07, 6.45) is 8.32. The third kappa shape index (κ3) is 3.30. The van der Waals surface area contributed by atoms with Crippen molar-refractivity contribution >= 4 is 33.8 Å². The van der Waals surface area contributed by atoms with Crippen molar-refractivity contribution in [2.45, 2.75) is 18.9 Å². The van der Waals surface area contributed by atoms with Crippen LogP contribution < -0.4 is 5.01 Å². The molecule has 0 amide bonds. The molecule has 138 valence electrons. The van der Waals surface area contributed by atoms with Crippen LogP contribution in [-0.2, 0) is 0 Å². The topological polar surface area (TPSA) is 28.5 Å². The molecule has 1 aliphatic heterocycles. The molecule has 2 aliphatic rings. The summed E-state index contributed by atoms with van der Waals surface area (Å²) in [4.78, 5) is 4.89. The van der Waals surface area contributed by atoms with Crippen LogP contribution in [0.25, 0.3) is 11.3 Å². The van der Waals surface area contributed by atoms with Gasteiger partial charge in [0.25, 0.3) is 0 Å². The number of rotatable bonds is 4. The monoisotopic (exact) mass is 403 g/mol. The van der Waals surface area contributed by atoms with Crippen LogP contribution in [0.4, 0.5) is 5.13 Å². The standard InChI is InChI=1S/C23H18ClN3S/c24-19-12-10-17(11-13-19)21-15-28-23(25-21)27-22(18-8-2-1-3-9-18)14-20(26-27)16-6-4-5-7-16/h1-6,8-13,15,22H,7,14H2. The summed E-state index contributed by atoms with van der Waals surface area (Å²) < 4.78 is 0. The SMILES string of the molecule is Clc1ccc(-c2csc(N3N=C(C4=CC=CC4)CC3c3ccccc3)n2)cc1. The number of benzene rings is 2. The van der Waals surface area contributed by atoms with Crippen molar-refractivity contribution in [3.8, 4) is 11.3 Å². The number of hydrogen-bond donors (Lipinski definition) is 0. The van der Waals surface area contributed by atoms with Gasteiger partial charge in [0.15, 0.2) is 0 Å². The number of thiazole rings is 1. The molecule has 5 heteroatoms. The van der Waals surface area contributed by atoms with E-state index in [0.29, 0.717) is 0 Å². The maximum absolute atomic E-state index is 6.02. The van der Waals surface area contributed by atoms with E-state index in [0.717, 1.165) is 40.0 Å². The Labute approximate surface area is 173 Å². The zero-order valence-electron chi connectivity index (χ0n) is 15.1. The number of hydrogen-bond acceptors (Lipinski definition) is 4. The summed E-state index contributed by atoms with van der Waals surface area (Å²) >= 11 is 7.65. The second-order valence-corrected chi connectivity index (χ2v) is 8.14. The third-order valence-electron chi connectivity index (χ3n) is 5.06. The van der Waals surface area contributed by atoms with E-state index in [1.807, 2.05) is 24.3 Å². The Kier molecular flexibility index (Phi) is 4.59. The van der Waals surface area contributed by atoms with E-state index in [4.69, 9.17) is 21.7 Å². The zero-order chi connectivity index (χ0) is 18.9. The predicted molar refractivity (Wildman–Crippen MR) is 118 cm³/mol. The lowest BCUT2D eigenvalue weighted by Crippen LogP contribution is -2.18. The van der Waals surface area contributed by atoms with Crippen LogP contribution in [0.1, 0.15) is 24.4 Å². The largest absolute Gasteiger partial charge is 0.231 e. The van der Waals surface area contributed by atoms with E-state index in [9.17, 15) is 0 Å². The summed E-state index contributed by atoms with van der Waals surface area (Å²) in [6, 6.07) is 18.5. The molecule has 5 rings (SSSR count). The number of allylic oxidation sites excluding steroid dienone is 4. The minimum atomic E-state index is 0.168. The molecular weight excluding hydrogens is 386 g/mol. The van der Waals surface area contributed by atoms with E-state index in [1.165, 1.54) is 11.1 Å². The molecule has 28 heavy (non-hydrogen) atoms. The molecule has 0 saturated heterocycles. The molecular formula is C23H18ClN3S. The van der Waals surface area contributed by atoms with Crippen LogP contribution in [0.15, 0.2) is 88.9 Å². The number of hydrazone groups is 1. The average molecular weight is 404 g/mol. The Morgan fingerprint density at radius 2 is 1.86 bits per heavy atom. The number of anilines is 1. The fourth-order valence-electron chi connectivity index (χ4n) is 3.60. The van der Waals surface area contributed by atoms with Gasteiger partial charge in [0, 0.05) is 22.4 Å². The maximum Gasteiger partial charge on any atom is 0.207 e. The summed E-state index contributed by atoms with van der Waals surface area (Å²) in [5.74, 6) is 0. The molecule has 0 saturated carbocycles. The van der Waals surface area contributed by atoms with Gasteiger partial charge in [-0.05, 0) is 29.7 Å². The van der Waals surface area contributed by atoms with E-state index < -0.39 is 0 Å². The smallest absolute Gasteiger partial charge is 0.207 e. The van der Waals surface area contributed by atoms with Gasteiger partial charge in [0.2, 0.25) is 5.13 Å². The van der Waals surface area contributed by atoms with Gasteiger partial charge < -0.3 is 0 Å². The predicted octanol–water partition coefficient (Wildman–Crippen LogP) is 6.66. The normalized spacial score (nSPS) is 18.5. The maximum atomic E-state index is 6.02. The van der Waals surface area contributed by atoms with Crippen molar-refractivity contribution < 1.29 is 0 Å². The van der Waals surface area contributed by atoms with Crippen molar-refractivity contribution in [3.05, 3.63) is 94.4 Å². The molecule has 2 heterocycles. The summed E-state index contributed by atoms with van der Waals surface area (Å²) in [7, 11) is 0. The highest BCUT2D eigenvalue weighted by Crippen LogP contribution is 2.40. The summed E-state index contributed by atoms with van der Waals surface area (Å²) in [5, 5.41) is 10.8. The van der Waals surface area contributed by atoms with Gasteiger partial charge in [-0.3, -0.25) is 0 Å². The first-order chi connectivity index (χ1) is 13.8. The van der Waals surface area contributed by atoms with E-state index >= 15 is 0 Å². The molecule has 0 spiro atoms. The highest BCUT2D eigenvalue weighted by molar-refractivity contribution is 7.14. The van der Waals surface area contributed by atoms with Crippen LogP contribution in [-0.4, -0.2) is 10.7 Å². The van der Waals surface area contributed by atoms with Gasteiger partial charge in [-0.1, -0.05) is 72.3 Å². The second kappa shape index (κ2) is 7.38. The van der Waals surface area contributed by atoms with Crippen molar-refractivity contribution in [1.29, 1.82) is 0 Å². The lowest BCUT2D eigenvalue weighted by molar-refractivity contribution is 0.706. The lowest BCUT2D eigenvalue weighted by Gasteiger charge is -2.21. The Hall–Kier alpha value is -2.69. The Balaban J connectivity index is 1.50. The van der Waals surface area contributed by atoms with E-state index in [1.54, 1.807) is 11.3 Å². The summed E-state index contributed by atoms with van der Waals surface area (Å²) in [6.45, 7) is 0. The van der Waals surface area contributed by atoms with Crippen LogP contribution in [0.2, 0.25) is 5.02 Å². The van der Waals surface area contributed by atoms with Crippen molar-refractivity contribution in [3.63, 3.8) is 0 Å². The van der Waals surface area contributed by atoms with Gasteiger partial charge in [-0.15, -0.1) is 11.3 Å². The minimum Gasteiger partial charge on any atom is -0.231 e. The van der Waals surface area contributed by atoms with Crippen molar-refractivity contribution in [2.75, 3.05) is 5.01 Å². The molecule has 3 nitrogen and oxygen atoms in total. The molecule has 0 fully saturated rings. The van der Waals surface area contributed by atoms with Crippen LogP contribution >= 0.6 is 22.9 Å². The molecule has 2 aromatic carbocycles. The highest BCUT2D eigenvalue weighted by atomic mass is 35.5. The van der Waals surface area contributed by atoms with Crippen LogP contribution in [0, 0.1) is 0 Å². The van der Waals surface area contributed by atoms with Crippen LogP contribution in [0.5, 0.6) is 0 Å². The molecule has 1 atom stereocenters. The molecule has 3 aromatic rings. The first-order valence-electron chi connectivity index (χ1n) is 9.27. The summed E-state index contributed by atoms with van der Waals surface area (Å²) in [5.41, 5.74) is 5.74.